The number of benzene rings is 1. The third-order valence-corrected chi connectivity index (χ3v) is 2.84. The third kappa shape index (κ3) is 2.63. The lowest BCUT2D eigenvalue weighted by Crippen LogP contribution is -2.12. The van der Waals surface area contributed by atoms with E-state index in [1.54, 1.807) is 12.1 Å². The first-order chi connectivity index (χ1) is 7.16. The summed E-state index contributed by atoms with van der Waals surface area (Å²) in [5, 5.41) is 3.68. The maximum absolute atomic E-state index is 10.9. The van der Waals surface area contributed by atoms with Crippen molar-refractivity contribution < 1.29 is 4.79 Å². The van der Waals surface area contributed by atoms with Gasteiger partial charge in [0, 0.05) is 12.2 Å². The van der Waals surface area contributed by atoms with Crippen LogP contribution in [0.1, 0.15) is 23.2 Å². The van der Waals surface area contributed by atoms with Crippen LogP contribution in [0.2, 0.25) is 5.02 Å². The molecule has 4 heteroatoms. The maximum Gasteiger partial charge on any atom is 0.250 e. The van der Waals surface area contributed by atoms with Gasteiger partial charge in [0.1, 0.15) is 0 Å². The van der Waals surface area contributed by atoms with Gasteiger partial charge in [0.05, 0.1) is 10.6 Å². The van der Waals surface area contributed by atoms with Crippen LogP contribution in [0.3, 0.4) is 0 Å². The van der Waals surface area contributed by atoms with Gasteiger partial charge in [-0.25, -0.2) is 0 Å². The Balaban J connectivity index is 2.06. The fourth-order valence-electron chi connectivity index (χ4n) is 1.41. The Morgan fingerprint density at radius 1 is 1.53 bits per heavy atom. The molecule has 0 bridgehead atoms. The van der Waals surface area contributed by atoms with Gasteiger partial charge in [0.15, 0.2) is 0 Å². The van der Waals surface area contributed by atoms with E-state index in [2.05, 4.69) is 5.32 Å². The lowest BCUT2D eigenvalue weighted by atomic mass is 10.2. The van der Waals surface area contributed by atoms with Crippen molar-refractivity contribution in [1.82, 2.24) is 0 Å². The van der Waals surface area contributed by atoms with Gasteiger partial charge >= 0.3 is 0 Å². The molecular formula is C11H13ClN2O. The summed E-state index contributed by atoms with van der Waals surface area (Å²) in [4.78, 5) is 10.9. The smallest absolute Gasteiger partial charge is 0.250 e. The number of hydrogen-bond donors (Lipinski definition) is 2. The Morgan fingerprint density at radius 3 is 2.80 bits per heavy atom. The third-order valence-electron chi connectivity index (χ3n) is 2.53. The minimum Gasteiger partial charge on any atom is -0.385 e. The Morgan fingerprint density at radius 2 is 2.27 bits per heavy atom. The predicted octanol–water partition coefficient (Wildman–Crippen LogP) is 2.26. The van der Waals surface area contributed by atoms with E-state index in [4.69, 9.17) is 17.3 Å². The van der Waals surface area contributed by atoms with Gasteiger partial charge in [-0.3, -0.25) is 4.79 Å². The number of hydrogen-bond acceptors (Lipinski definition) is 2. The van der Waals surface area contributed by atoms with Crippen molar-refractivity contribution in [3.05, 3.63) is 28.8 Å². The zero-order valence-corrected chi connectivity index (χ0v) is 9.05. The zero-order chi connectivity index (χ0) is 10.8. The number of amides is 1. The van der Waals surface area contributed by atoms with Crippen molar-refractivity contribution in [2.45, 2.75) is 12.8 Å². The molecule has 80 valence electrons. The van der Waals surface area contributed by atoms with Gasteiger partial charge in [-0.15, -0.1) is 0 Å². The number of nitrogens with one attached hydrogen (secondary N) is 1. The minimum atomic E-state index is -0.492. The Bertz CT molecular complexity index is 388. The zero-order valence-electron chi connectivity index (χ0n) is 8.29. The predicted molar refractivity (Wildman–Crippen MR) is 61.2 cm³/mol. The molecule has 1 aromatic rings. The Hall–Kier alpha value is -1.22. The van der Waals surface area contributed by atoms with Gasteiger partial charge in [-0.1, -0.05) is 11.6 Å². The summed E-state index contributed by atoms with van der Waals surface area (Å²) in [7, 11) is 0. The molecule has 0 atom stereocenters. The molecule has 15 heavy (non-hydrogen) atoms. The van der Waals surface area contributed by atoms with Crippen LogP contribution in [0.15, 0.2) is 18.2 Å². The van der Waals surface area contributed by atoms with E-state index in [1.165, 1.54) is 12.8 Å². The van der Waals surface area contributed by atoms with Crippen molar-refractivity contribution in [1.29, 1.82) is 0 Å². The number of carbonyl (C=O) groups excluding carboxylic acids is 1. The molecule has 0 aliphatic heterocycles. The van der Waals surface area contributed by atoms with E-state index in [9.17, 15) is 4.79 Å². The topological polar surface area (TPSA) is 55.1 Å². The molecule has 0 heterocycles. The molecule has 1 aliphatic carbocycles. The number of rotatable bonds is 4. The molecule has 1 fully saturated rings. The first kappa shape index (κ1) is 10.3. The summed E-state index contributed by atoms with van der Waals surface area (Å²) in [5.41, 5.74) is 6.46. The minimum absolute atomic E-state index is 0.369. The van der Waals surface area contributed by atoms with Crippen molar-refractivity contribution in [2.75, 3.05) is 11.9 Å². The highest BCUT2D eigenvalue weighted by Crippen LogP contribution is 2.29. The number of halogens is 1. The molecule has 2 rings (SSSR count). The highest BCUT2D eigenvalue weighted by molar-refractivity contribution is 6.34. The van der Waals surface area contributed by atoms with E-state index in [-0.39, 0.29) is 0 Å². The fourth-order valence-corrected chi connectivity index (χ4v) is 1.68. The largest absolute Gasteiger partial charge is 0.385 e. The van der Waals surface area contributed by atoms with Crippen molar-refractivity contribution in [2.24, 2.45) is 11.7 Å². The van der Waals surface area contributed by atoms with E-state index in [0.717, 1.165) is 18.2 Å². The summed E-state index contributed by atoms with van der Waals surface area (Å²) in [6.07, 6.45) is 2.61. The summed E-state index contributed by atoms with van der Waals surface area (Å²) in [5.74, 6) is 0.313. The molecule has 1 amide bonds. The van der Waals surface area contributed by atoms with Crippen LogP contribution in [0.25, 0.3) is 0 Å². The molecule has 1 saturated carbocycles. The molecule has 0 unspecified atom stereocenters. The van der Waals surface area contributed by atoms with E-state index in [0.29, 0.717) is 10.6 Å². The first-order valence-electron chi connectivity index (χ1n) is 5.00. The lowest BCUT2D eigenvalue weighted by molar-refractivity contribution is 0.100. The average molecular weight is 225 g/mol. The van der Waals surface area contributed by atoms with Gasteiger partial charge < -0.3 is 11.1 Å². The number of nitrogens with two attached hydrogens (primary N) is 1. The molecule has 0 radical (unpaired) electrons. The van der Waals surface area contributed by atoms with Gasteiger partial charge in [0.25, 0.3) is 0 Å². The molecule has 1 aliphatic rings. The van der Waals surface area contributed by atoms with Crippen molar-refractivity contribution >= 4 is 23.2 Å². The van der Waals surface area contributed by atoms with E-state index >= 15 is 0 Å². The van der Waals surface area contributed by atoms with Crippen LogP contribution in [0, 0.1) is 5.92 Å². The van der Waals surface area contributed by atoms with Crippen molar-refractivity contribution in [3.8, 4) is 0 Å². The summed E-state index contributed by atoms with van der Waals surface area (Å²) in [6.45, 7) is 0.978. The van der Waals surface area contributed by atoms with Crippen LogP contribution in [-0.4, -0.2) is 12.5 Å². The molecular weight excluding hydrogens is 212 g/mol. The van der Waals surface area contributed by atoms with Gasteiger partial charge in [-0.05, 0) is 37.0 Å². The Labute approximate surface area is 93.6 Å². The van der Waals surface area contributed by atoms with Gasteiger partial charge in [0.2, 0.25) is 5.91 Å². The summed E-state index contributed by atoms with van der Waals surface area (Å²) in [6, 6.07) is 5.22. The van der Waals surface area contributed by atoms with Crippen LogP contribution < -0.4 is 11.1 Å². The lowest BCUT2D eigenvalue weighted by Gasteiger charge is -2.07. The quantitative estimate of drug-likeness (QED) is 0.824. The number of carbonyl (C=O) groups is 1. The molecule has 0 spiro atoms. The SMILES string of the molecule is NC(=O)c1ccc(NCC2CC2)cc1Cl. The highest BCUT2D eigenvalue weighted by Gasteiger charge is 2.20. The number of primary amides is 1. The standard InChI is InChI=1S/C11H13ClN2O/c12-10-5-8(14-6-7-1-2-7)3-4-9(10)11(13)15/h3-5,7,14H,1-2,6H2,(H2,13,15). The first-order valence-corrected chi connectivity index (χ1v) is 5.38. The van der Waals surface area contributed by atoms with Crippen LogP contribution >= 0.6 is 11.6 Å². The molecule has 1 aromatic carbocycles. The van der Waals surface area contributed by atoms with Crippen LogP contribution in [0.4, 0.5) is 5.69 Å². The van der Waals surface area contributed by atoms with Crippen LogP contribution in [0.5, 0.6) is 0 Å². The Kier molecular flexibility index (Phi) is 2.82. The normalized spacial score (nSPS) is 15.0. The average Bonchev–Trinajstić information content (AvgIpc) is 2.97. The highest BCUT2D eigenvalue weighted by atomic mass is 35.5. The number of anilines is 1. The second-order valence-electron chi connectivity index (χ2n) is 3.88. The second-order valence-corrected chi connectivity index (χ2v) is 4.29. The van der Waals surface area contributed by atoms with Crippen molar-refractivity contribution in [3.63, 3.8) is 0 Å². The maximum atomic E-state index is 10.9. The van der Waals surface area contributed by atoms with E-state index < -0.39 is 5.91 Å². The summed E-state index contributed by atoms with van der Waals surface area (Å²) >= 11 is 5.91. The molecule has 3 N–H and O–H groups in total. The molecule has 3 nitrogen and oxygen atoms in total. The monoisotopic (exact) mass is 224 g/mol. The molecule has 0 saturated heterocycles. The molecule has 0 aromatic heterocycles. The fraction of sp³-hybridized carbons (Fsp3) is 0.364. The second kappa shape index (κ2) is 4.11. The van der Waals surface area contributed by atoms with Crippen LogP contribution in [-0.2, 0) is 0 Å². The van der Waals surface area contributed by atoms with Gasteiger partial charge in [-0.2, -0.15) is 0 Å². The summed E-state index contributed by atoms with van der Waals surface area (Å²) < 4.78 is 0. The van der Waals surface area contributed by atoms with E-state index in [1.807, 2.05) is 6.07 Å².